The third-order valence-corrected chi connectivity index (χ3v) is 5.49. The molecule has 132 valence electrons. The zero-order valence-corrected chi connectivity index (χ0v) is 14.7. The van der Waals surface area contributed by atoms with Gasteiger partial charge in [0.25, 0.3) is 0 Å². The SMILES string of the molecule is C[C@H]1CCc2ccccc2N1C(=O)CN1CCC[C@@H]1Cn1cncn1. The molecule has 0 aliphatic carbocycles. The monoisotopic (exact) mass is 339 g/mol. The molecule has 1 amide bonds. The zero-order chi connectivity index (χ0) is 17.2. The number of hydrogen-bond donors (Lipinski definition) is 0. The fourth-order valence-corrected chi connectivity index (χ4v) is 4.17. The molecule has 2 aliphatic rings. The van der Waals surface area contributed by atoms with Crippen molar-refractivity contribution in [2.24, 2.45) is 0 Å². The highest BCUT2D eigenvalue weighted by Gasteiger charge is 2.32. The van der Waals surface area contributed by atoms with Crippen molar-refractivity contribution in [3.8, 4) is 0 Å². The highest BCUT2D eigenvalue weighted by atomic mass is 16.2. The van der Waals surface area contributed by atoms with E-state index in [1.54, 1.807) is 12.7 Å². The molecule has 0 spiro atoms. The summed E-state index contributed by atoms with van der Waals surface area (Å²) >= 11 is 0. The predicted octanol–water partition coefficient (Wildman–Crippen LogP) is 2.11. The van der Waals surface area contributed by atoms with Gasteiger partial charge in [-0.2, -0.15) is 5.10 Å². The molecule has 0 unspecified atom stereocenters. The maximum atomic E-state index is 13.1. The Hall–Kier alpha value is -2.21. The minimum atomic E-state index is 0.213. The summed E-state index contributed by atoms with van der Waals surface area (Å²) in [6.07, 6.45) is 7.65. The fourth-order valence-electron chi connectivity index (χ4n) is 4.17. The number of nitrogens with zero attached hydrogens (tertiary/aromatic N) is 5. The topological polar surface area (TPSA) is 54.3 Å². The molecule has 6 heteroatoms. The van der Waals surface area contributed by atoms with E-state index >= 15 is 0 Å². The Balaban J connectivity index is 1.48. The first-order valence-electron chi connectivity index (χ1n) is 9.19. The molecule has 1 aromatic heterocycles. The molecule has 1 fully saturated rings. The van der Waals surface area contributed by atoms with E-state index in [2.05, 4.69) is 40.1 Å². The maximum absolute atomic E-state index is 13.1. The largest absolute Gasteiger partial charge is 0.308 e. The van der Waals surface area contributed by atoms with Crippen LogP contribution in [0.1, 0.15) is 31.7 Å². The molecular weight excluding hydrogens is 314 g/mol. The second-order valence-electron chi connectivity index (χ2n) is 7.16. The van der Waals surface area contributed by atoms with Crippen LogP contribution in [0.3, 0.4) is 0 Å². The number of para-hydroxylation sites is 1. The first-order valence-corrected chi connectivity index (χ1v) is 9.19. The number of fused-ring (bicyclic) bond motifs is 1. The van der Waals surface area contributed by atoms with Gasteiger partial charge >= 0.3 is 0 Å². The van der Waals surface area contributed by atoms with Crippen LogP contribution in [-0.4, -0.2) is 50.7 Å². The summed E-state index contributed by atoms with van der Waals surface area (Å²) in [5, 5.41) is 4.21. The van der Waals surface area contributed by atoms with Crippen LogP contribution in [0.4, 0.5) is 5.69 Å². The number of rotatable bonds is 4. The number of anilines is 1. The summed E-state index contributed by atoms with van der Waals surface area (Å²) < 4.78 is 1.87. The standard InChI is InChI=1S/C19H25N5O/c1-15-8-9-16-5-2-3-7-18(16)24(15)19(25)12-22-10-4-6-17(22)11-23-14-20-13-21-23/h2-3,5,7,13-15,17H,4,6,8-12H2,1H3/t15-,17+/m0/s1. The number of aryl methyl sites for hydroxylation is 1. The Bertz CT molecular complexity index is 729. The lowest BCUT2D eigenvalue weighted by atomic mass is 9.96. The van der Waals surface area contributed by atoms with Gasteiger partial charge < -0.3 is 4.90 Å². The number of amides is 1. The molecule has 2 atom stereocenters. The van der Waals surface area contributed by atoms with E-state index in [4.69, 9.17) is 0 Å². The Morgan fingerprint density at radius 1 is 1.28 bits per heavy atom. The molecule has 1 saturated heterocycles. The summed E-state index contributed by atoms with van der Waals surface area (Å²) in [6.45, 7) is 4.43. The summed E-state index contributed by atoms with van der Waals surface area (Å²) in [4.78, 5) is 21.5. The van der Waals surface area contributed by atoms with Crippen molar-refractivity contribution in [3.05, 3.63) is 42.5 Å². The quantitative estimate of drug-likeness (QED) is 0.856. The minimum Gasteiger partial charge on any atom is -0.308 e. The second-order valence-corrected chi connectivity index (χ2v) is 7.16. The van der Waals surface area contributed by atoms with Crippen LogP contribution < -0.4 is 4.90 Å². The maximum Gasteiger partial charge on any atom is 0.241 e. The van der Waals surface area contributed by atoms with Gasteiger partial charge in [0.15, 0.2) is 0 Å². The number of carbonyl (C=O) groups is 1. The molecular formula is C19H25N5O. The van der Waals surface area contributed by atoms with E-state index in [1.165, 1.54) is 5.56 Å². The lowest BCUT2D eigenvalue weighted by Gasteiger charge is -2.37. The third kappa shape index (κ3) is 3.31. The van der Waals surface area contributed by atoms with Crippen LogP contribution in [0.15, 0.2) is 36.9 Å². The van der Waals surface area contributed by atoms with Crippen molar-refractivity contribution in [2.45, 2.75) is 51.2 Å². The molecule has 0 saturated carbocycles. The summed E-state index contributed by atoms with van der Waals surface area (Å²) in [5.41, 5.74) is 2.38. The smallest absolute Gasteiger partial charge is 0.241 e. The van der Waals surface area contributed by atoms with E-state index in [0.717, 1.165) is 44.5 Å². The van der Waals surface area contributed by atoms with Gasteiger partial charge in [-0.25, -0.2) is 4.98 Å². The molecule has 2 aliphatic heterocycles. The van der Waals surface area contributed by atoms with Crippen molar-refractivity contribution in [2.75, 3.05) is 18.0 Å². The molecule has 1 aromatic carbocycles. The first-order chi connectivity index (χ1) is 12.2. The summed E-state index contributed by atoms with van der Waals surface area (Å²) in [7, 11) is 0. The van der Waals surface area contributed by atoms with Gasteiger partial charge in [-0.3, -0.25) is 14.4 Å². The van der Waals surface area contributed by atoms with Crippen LogP contribution >= 0.6 is 0 Å². The highest BCUT2D eigenvalue weighted by Crippen LogP contribution is 2.31. The Labute approximate surface area is 148 Å². The van der Waals surface area contributed by atoms with Gasteiger partial charge in [0.2, 0.25) is 5.91 Å². The van der Waals surface area contributed by atoms with Crippen molar-refractivity contribution in [1.82, 2.24) is 19.7 Å². The van der Waals surface area contributed by atoms with Gasteiger partial charge in [0.05, 0.1) is 13.1 Å². The lowest BCUT2D eigenvalue weighted by molar-refractivity contribution is -0.120. The number of benzene rings is 1. The van der Waals surface area contributed by atoms with Gasteiger partial charge in [-0.05, 0) is 50.8 Å². The van der Waals surface area contributed by atoms with Crippen LogP contribution in [0.2, 0.25) is 0 Å². The molecule has 6 nitrogen and oxygen atoms in total. The van der Waals surface area contributed by atoms with Gasteiger partial charge in [-0.1, -0.05) is 18.2 Å². The van der Waals surface area contributed by atoms with Crippen molar-refractivity contribution in [3.63, 3.8) is 0 Å². The Kier molecular flexibility index (Phi) is 4.53. The minimum absolute atomic E-state index is 0.213. The van der Waals surface area contributed by atoms with E-state index in [0.29, 0.717) is 12.6 Å². The lowest BCUT2D eigenvalue weighted by Crippen LogP contribution is -2.48. The summed E-state index contributed by atoms with van der Waals surface area (Å²) in [6, 6.07) is 8.94. The second kappa shape index (κ2) is 6.96. The van der Waals surface area contributed by atoms with Gasteiger partial charge in [0, 0.05) is 17.8 Å². The van der Waals surface area contributed by atoms with E-state index < -0.39 is 0 Å². The van der Waals surface area contributed by atoms with Crippen molar-refractivity contribution >= 4 is 11.6 Å². The number of carbonyl (C=O) groups excluding carboxylic acids is 1. The highest BCUT2D eigenvalue weighted by molar-refractivity contribution is 5.96. The molecule has 2 aromatic rings. The van der Waals surface area contributed by atoms with Crippen LogP contribution in [0.25, 0.3) is 0 Å². The van der Waals surface area contributed by atoms with Crippen LogP contribution in [0, 0.1) is 0 Å². The van der Waals surface area contributed by atoms with Crippen molar-refractivity contribution < 1.29 is 4.79 Å². The average Bonchev–Trinajstić information content (AvgIpc) is 3.27. The predicted molar refractivity (Wildman–Crippen MR) is 96.3 cm³/mol. The van der Waals surface area contributed by atoms with Crippen molar-refractivity contribution in [1.29, 1.82) is 0 Å². The molecule has 25 heavy (non-hydrogen) atoms. The fraction of sp³-hybridized carbons (Fsp3) is 0.526. The Morgan fingerprint density at radius 3 is 3.00 bits per heavy atom. The molecule has 0 bridgehead atoms. The third-order valence-electron chi connectivity index (χ3n) is 5.49. The van der Waals surface area contributed by atoms with Crippen LogP contribution in [-0.2, 0) is 17.8 Å². The summed E-state index contributed by atoms with van der Waals surface area (Å²) in [5.74, 6) is 0.213. The molecule has 4 rings (SSSR count). The number of aromatic nitrogens is 3. The first kappa shape index (κ1) is 16.3. The molecule has 3 heterocycles. The van der Waals surface area contributed by atoms with E-state index in [-0.39, 0.29) is 11.9 Å². The van der Waals surface area contributed by atoms with E-state index in [9.17, 15) is 4.79 Å². The van der Waals surface area contributed by atoms with Crippen LogP contribution in [0.5, 0.6) is 0 Å². The average molecular weight is 339 g/mol. The van der Waals surface area contributed by atoms with Gasteiger partial charge in [0.1, 0.15) is 12.7 Å². The molecule has 0 N–H and O–H groups in total. The Morgan fingerprint density at radius 2 is 2.16 bits per heavy atom. The van der Waals surface area contributed by atoms with Gasteiger partial charge in [-0.15, -0.1) is 0 Å². The zero-order valence-electron chi connectivity index (χ0n) is 14.7. The normalized spacial score (nSPS) is 23.6. The van der Waals surface area contributed by atoms with E-state index in [1.807, 2.05) is 15.6 Å². The molecule has 0 radical (unpaired) electrons. The number of hydrogen-bond acceptors (Lipinski definition) is 4. The number of likely N-dealkylation sites (tertiary alicyclic amines) is 1.